The molecule has 140 valence electrons. The molecule has 0 aliphatic heterocycles. The summed E-state index contributed by atoms with van der Waals surface area (Å²) in [5.74, 6) is 0.442. The van der Waals surface area contributed by atoms with Gasteiger partial charge in [-0.2, -0.15) is 5.26 Å². The summed E-state index contributed by atoms with van der Waals surface area (Å²) >= 11 is 0. The third-order valence-corrected chi connectivity index (χ3v) is 4.10. The Bertz CT molecular complexity index is 777. The highest BCUT2D eigenvalue weighted by molar-refractivity contribution is 5.97. The van der Waals surface area contributed by atoms with Gasteiger partial charge in [-0.1, -0.05) is 42.5 Å². The Morgan fingerprint density at radius 3 is 2.41 bits per heavy atom. The van der Waals surface area contributed by atoms with Crippen LogP contribution in [0.4, 0.5) is 0 Å². The average molecular weight is 363 g/mol. The third kappa shape index (κ3) is 7.25. The monoisotopic (exact) mass is 363 g/mol. The van der Waals surface area contributed by atoms with E-state index in [-0.39, 0.29) is 11.5 Å². The van der Waals surface area contributed by atoms with Gasteiger partial charge in [0.1, 0.15) is 17.4 Å². The van der Waals surface area contributed by atoms with Crippen LogP contribution in [0.3, 0.4) is 0 Å². The van der Waals surface area contributed by atoms with E-state index in [0.717, 1.165) is 24.2 Å². The lowest BCUT2D eigenvalue weighted by molar-refractivity contribution is -0.117. The fourth-order valence-corrected chi connectivity index (χ4v) is 2.57. The van der Waals surface area contributed by atoms with E-state index in [4.69, 9.17) is 4.74 Å². The second-order valence-corrected chi connectivity index (χ2v) is 6.07. The summed E-state index contributed by atoms with van der Waals surface area (Å²) in [6.45, 7) is 1.18. The highest BCUT2D eigenvalue weighted by Gasteiger charge is 2.07. The van der Waals surface area contributed by atoms with E-state index in [0.29, 0.717) is 19.5 Å². The molecule has 0 bridgehead atoms. The molecular weight excluding hydrogens is 338 g/mol. The van der Waals surface area contributed by atoms with Crippen molar-refractivity contribution in [1.29, 1.82) is 5.26 Å². The van der Waals surface area contributed by atoms with Gasteiger partial charge in [0.2, 0.25) is 0 Å². The van der Waals surface area contributed by atoms with Crippen LogP contribution in [0, 0.1) is 11.3 Å². The molecule has 0 radical (unpaired) electrons. The van der Waals surface area contributed by atoms with E-state index < -0.39 is 0 Å². The van der Waals surface area contributed by atoms with Gasteiger partial charge in [-0.25, -0.2) is 0 Å². The SMILES string of the molecule is COc1ccc(CCNC(=O)/C(C#N)=C\NCCCc2ccccc2)cc1. The van der Waals surface area contributed by atoms with Crippen LogP contribution in [0.2, 0.25) is 0 Å². The third-order valence-electron chi connectivity index (χ3n) is 4.10. The number of nitrogens with zero attached hydrogens (tertiary/aromatic N) is 1. The van der Waals surface area contributed by atoms with Crippen LogP contribution in [0.1, 0.15) is 17.5 Å². The standard InChI is InChI=1S/C22H25N3O2/c1-27-21-11-9-19(10-12-21)13-15-25-22(26)20(16-23)17-24-14-5-8-18-6-3-2-4-7-18/h2-4,6-7,9-12,17,24H,5,8,13-15H2,1H3,(H,25,26)/b20-17-. The van der Waals surface area contributed by atoms with Gasteiger partial charge < -0.3 is 15.4 Å². The Hall–Kier alpha value is -3.26. The Kier molecular flexibility index (Phi) is 8.45. The van der Waals surface area contributed by atoms with Crippen molar-refractivity contribution in [3.8, 4) is 11.8 Å². The summed E-state index contributed by atoms with van der Waals surface area (Å²) in [6.07, 6.45) is 4.07. The summed E-state index contributed by atoms with van der Waals surface area (Å²) in [5, 5.41) is 15.0. The smallest absolute Gasteiger partial charge is 0.263 e. The van der Waals surface area contributed by atoms with Crippen LogP contribution in [0.25, 0.3) is 0 Å². The molecule has 2 rings (SSSR count). The predicted octanol–water partition coefficient (Wildman–Crippen LogP) is 2.98. The lowest BCUT2D eigenvalue weighted by atomic mass is 10.1. The number of rotatable bonds is 10. The van der Waals surface area contributed by atoms with Gasteiger partial charge in [0.25, 0.3) is 5.91 Å². The Labute approximate surface area is 160 Å². The molecule has 2 N–H and O–H groups in total. The number of nitrogens with one attached hydrogen (secondary N) is 2. The largest absolute Gasteiger partial charge is 0.497 e. The van der Waals surface area contributed by atoms with Crippen LogP contribution < -0.4 is 15.4 Å². The summed E-state index contributed by atoms with van der Waals surface area (Å²) in [4.78, 5) is 12.1. The van der Waals surface area contributed by atoms with E-state index in [2.05, 4.69) is 22.8 Å². The first-order valence-electron chi connectivity index (χ1n) is 9.01. The maximum atomic E-state index is 12.1. The normalized spacial score (nSPS) is 10.7. The molecule has 0 aromatic heterocycles. The van der Waals surface area contributed by atoms with Gasteiger partial charge >= 0.3 is 0 Å². The maximum Gasteiger partial charge on any atom is 0.263 e. The fraction of sp³-hybridized carbons (Fsp3) is 0.273. The van der Waals surface area contributed by atoms with Crippen molar-refractivity contribution in [2.75, 3.05) is 20.2 Å². The lowest BCUT2D eigenvalue weighted by Gasteiger charge is -2.06. The number of benzene rings is 2. The van der Waals surface area contributed by atoms with Crippen LogP contribution >= 0.6 is 0 Å². The second kappa shape index (κ2) is 11.4. The Balaban J connectivity index is 1.69. The van der Waals surface area contributed by atoms with Crippen molar-refractivity contribution >= 4 is 5.91 Å². The number of hydrogen-bond donors (Lipinski definition) is 2. The van der Waals surface area contributed by atoms with E-state index in [1.165, 1.54) is 11.8 Å². The molecule has 0 saturated heterocycles. The van der Waals surface area contributed by atoms with Crippen LogP contribution in [-0.2, 0) is 17.6 Å². The Morgan fingerprint density at radius 1 is 1.04 bits per heavy atom. The van der Waals surface area contributed by atoms with Gasteiger partial charge in [0.05, 0.1) is 7.11 Å². The number of hydrogen-bond acceptors (Lipinski definition) is 4. The van der Waals surface area contributed by atoms with Crippen LogP contribution in [0.15, 0.2) is 66.4 Å². The molecule has 0 unspecified atom stereocenters. The van der Waals surface area contributed by atoms with Gasteiger partial charge in [0, 0.05) is 19.3 Å². The first-order valence-corrected chi connectivity index (χ1v) is 9.01. The number of carbonyl (C=O) groups excluding carboxylic acids is 1. The van der Waals surface area contributed by atoms with Crippen molar-refractivity contribution in [3.05, 3.63) is 77.5 Å². The zero-order chi connectivity index (χ0) is 19.3. The molecular formula is C22H25N3O2. The van der Waals surface area contributed by atoms with Crippen molar-refractivity contribution in [2.45, 2.75) is 19.3 Å². The van der Waals surface area contributed by atoms with E-state index in [1.807, 2.05) is 48.5 Å². The van der Waals surface area contributed by atoms with Gasteiger partial charge in [0.15, 0.2) is 0 Å². The minimum Gasteiger partial charge on any atom is -0.497 e. The summed E-state index contributed by atoms with van der Waals surface area (Å²) < 4.78 is 5.12. The molecule has 0 heterocycles. The molecule has 5 nitrogen and oxygen atoms in total. The number of methoxy groups -OCH3 is 1. The van der Waals surface area contributed by atoms with Gasteiger partial charge in [-0.05, 0) is 42.5 Å². The Morgan fingerprint density at radius 2 is 1.74 bits per heavy atom. The molecule has 5 heteroatoms. The minimum atomic E-state index is -0.360. The van der Waals surface area contributed by atoms with Crippen molar-refractivity contribution in [2.24, 2.45) is 0 Å². The molecule has 0 aliphatic carbocycles. The minimum absolute atomic E-state index is 0.0874. The van der Waals surface area contributed by atoms with Crippen molar-refractivity contribution < 1.29 is 9.53 Å². The average Bonchev–Trinajstić information content (AvgIpc) is 2.72. The lowest BCUT2D eigenvalue weighted by Crippen LogP contribution is -2.27. The van der Waals surface area contributed by atoms with E-state index >= 15 is 0 Å². The quantitative estimate of drug-likeness (QED) is 0.387. The second-order valence-electron chi connectivity index (χ2n) is 6.07. The van der Waals surface area contributed by atoms with E-state index in [9.17, 15) is 10.1 Å². The number of carbonyl (C=O) groups is 1. The predicted molar refractivity (Wildman–Crippen MR) is 106 cm³/mol. The molecule has 0 saturated carbocycles. The van der Waals surface area contributed by atoms with Gasteiger partial charge in [-0.15, -0.1) is 0 Å². The van der Waals surface area contributed by atoms with E-state index in [1.54, 1.807) is 7.11 Å². The molecule has 2 aromatic carbocycles. The number of amides is 1. The van der Waals surface area contributed by atoms with Crippen molar-refractivity contribution in [3.63, 3.8) is 0 Å². The molecule has 0 atom stereocenters. The molecule has 1 amide bonds. The first-order chi connectivity index (χ1) is 13.2. The number of ether oxygens (including phenoxy) is 1. The zero-order valence-electron chi connectivity index (χ0n) is 15.6. The molecule has 0 aliphatic rings. The highest BCUT2D eigenvalue weighted by atomic mass is 16.5. The molecule has 2 aromatic rings. The fourth-order valence-electron chi connectivity index (χ4n) is 2.57. The zero-order valence-corrected chi connectivity index (χ0v) is 15.6. The molecule has 0 fully saturated rings. The topological polar surface area (TPSA) is 74.1 Å². The van der Waals surface area contributed by atoms with Crippen LogP contribution in [-0.4, -0.2) is 26.1 Å². The highest BCUT2D eigenvalue weighted by Crippen LogP contribution is 2.11. The number of nitriles is 1. The van der Waals surface area contributed by atoms with Crippen LogP contribution in [0.5, 0.6) is 5.75 Å². The molecule has 27 heavy (non-hydrogen) atoms. The van der Waals surface area contributed by atoms with Gasteiger partial charge in [-0.3, -0.25) is 4.79 Å². The molecule has 0 spiro atoms. The van der Waals surface area contributed by atoms with Crippen molar-refractivity contribution in [1.82, 2.24) is 10.6 Å². The summed E-state index contributed by atoms with van der Waals surface area (Å²) in [7, 11) is 1.63. The maximum absolute atomic E-state index is 12.1. The number of aryl methyl sites for hydroxylation is 1. The first kappa shape index (κ1) is 20.1. The summed E-state index contributed by atoms with van der Waals surface area (Å²) in [5.41, 5.74) is 2.46. The summed E-state index contributed by atoms with van der Waals surface area (Å²) in [6, 6.07) is 19.9.